The molecule has 1 aromatic heterocycles. The van der Waals surface area contributed by atoms with Crippen molar-refractivity contribution in [2.75, 3.05) is 20.2 Å². The number of ether oxygens (including phenoxy) is 1. The number of likely N-dealkylation sites (tertiary alicyclic amines) is 1. The highest BCUT2D eigenvalue weighted by Gasteiger charge is 2.29. The molecule has 1 aliphatic heterocycles. The summed E-state index contributed by atoms with van der Waals surface area (Å²) in [5.41, 5.74) is 3.87. The Morgan fingerprint density at radius 2 is 2.03 bits per heavy atom. The average molecular weight is 410 g/mol. The van der Waals surface area contributed by atoms with E-state index < -0.39 is 11.4 Å². The molecule has 1 aliphatic rings. The summed E-state index contributed by atoms with van der Waals surface area (Å²) < 4.78 is 21.3. The van der Waals surface area contributed by atoms with Gasteiger partial charge < -0.3 is 9.84 Å². The van der Waals surface area contributed by atoms with Crippen LogP contribution in [0.2, 0.25) is 0 Å². The monoisotopic (exact) mass is 409 g/mol. The van der Waals surface area contributed by atoms with E-state index in [9.17, 15) is 9.50 Å². The molecule has 1 N–H and O–H groups in total. The van der Waals surface area contributed by atoms with Crippen LogP contribution in [0.3, 0.4) is 0 Å². The zero-order valence-electron chi connectivity index (χ0n) is 17.7. The first kappa shape index (κ1) is 20.6. The molecule has 0 bridgehead atoms. The summed E-state index contributed by atoms with van der Waals surface area (Å²) in [5, 5.41) is 15.3. The van der Waals surface area contributed by atoms with Gasteiger partial charge in [-0.25, -0.2) is 9.07 Å². The van der Waals surface area contributed by atoms with Crippen LogP contribution < -0.4 is 4.74 Å². The van der Waals surface area contributed by atoms with Crippen molar-refractivity contribution in [2.45, 2.75) is 38.8 Å². The van der Waals surface area contributed by atoms with E-state index in [4.69, 9.17) is 9.84 Å². The molecule has 5 nitrogen and oxygen atoms in total. The Morgan fingerprint density at radius 3 is 2.73 bits per heavy atom. The molecule has 2 aromatic carbocycles. The van der Waals surface area contributed by atoms with Crippen molar-refractivity contribution in [3.8, 4) is 22.7 Å². The fourth-order valence-corrected chi connectivity index (χ4v) is 4.23. The Bertz CT molecular complexity index is 1040. The van der Waals surface area contributed by atoms with Gasteiger partial charge in [0.05, 0.1) is 24.1 Å². The van der Waals surface area contributed by atoms with Gasteiger partial charge in [0.1, 0.15) is 0 Å². The van der Waals surface area contributed by atoms with Crippen LogP contribution in [-0.2, 0) is 6.54 Å². The standard InChI is InChI=1S/C24H28FN3O2/c1-17-7-4-5-8-21(17)28-15-19(14-27-12-6-11-24(2,29)16-27)23(26-28)18-9-10-22(30-3)20(25)13-18/h4-5,7-10,13,15,29H,6,11-12,14,16H2,1-3H3. The van der Waals surface area contributed by atoms with Crippen LogP contribution in [0.25, 0.3) is 16.9 Å². The second-order valence-electron chi connectivity index (χ2n) is 8.39. The summed E-state index contributed by atoms with van der Waals surface area (Å²) in [6, 6.07) is 13.0. The molecule has 1 atom stereocenters. The first-order valence-corrected chi connectivity index (χ1v) is 10.3. The fourth-order valence-electron chi connectivity index (χ4n) is 4.23. The topological polar surface area (TPSA) is 50.5 Å². The number of piperidine rings is 1. The Kier molecular flexibility index (Phi) is 5.62. The maximum absolute atomic E-state index is 14.4. The minimum Gasteiger partial charge on any atom is -0.494 e. The first-order chi connectivity index (χ1) is 14.4. The predicted molar refractivity (Wildman–Crippen MR) is 115 cm³/mol. The molecule has 2 heterocycles. The zero-order valence-corrected chi connectivity index (χ0v) is 17.7. The van der Waals surface area contributed by atoms with E-state index in [1.165, 1.54) is 13.2 Å². The normalized spacial score (nSPS) is 19.8. The van der Waals surface area contributed by atoms with Crippen LogP contribution >= 0.6 is 0 Å². The molecule has 6 heteroatoms. The maximum atomic E-state index is 14.4. The highest BCUT2D eigenvalue weighted by Crippen LogP contribution is 2.30. The van der Waals surface area contributed by atoms with Crippen LogP contribution in [0.4, 0.5) is 4.39 Å². The van der Waals surface area contributed by atoms with Crippen molar-refractivity contribution in [3.05, 3.63) is 65.6 Å². The van der Waals surface area contributed by atoms with Crippen molar-refractivity contribution in [1.82, 2.24) is 14.7 Å². The van der Waals surface area contributed by atoms with Crippen molar-refractivity contribution in [3.63, 3.8) is 0 Å². The first-order valence-electron chi connectivity index (χ1n) is 10.3. The number of β-amino-alcohol motifs (C(OH)–C–C–N with tert-alkyl or cyclic N) is 1. The van der Waals surface area contributed by atoms with Crippen molar-refractivity contribution < 1.29 is 14.2 Å². The number of methoxy groups -OCH3 is 1. The quantitative estimate of drug-likeness (QED) is 0.681. The van der Waals surface area contributed by atoms with Crippen molar-refractivity contribution in [2.24, 2.45) is 0 Å². The second kappa shape index (κ2) is 8.20. The number of aromatic nitrogens is 2. The van der Waals surface area contributed by atoms with Crippen LogP contribution in [0.1, 0.15) is 30.9 Å². The van der Waals surface area contributed by atoms with Gasteiger partial charge in [0.25, 0.3) is 0 Å². The van der Waals surface area contributed by atoms with Gasteiger partial charge in [-0.05, 0) is 63.1 Å². The molecule has 0 saturated carbocycles. The van der Waals surface area contributed by atoms with E-state index in [0.717, 1.165) is 41.9 Å². The molecular weight excluding hydrogens is 381 g/mol. The van der Waals surface area contributed by atoms with Gasteiger partial charge >= 0.3 is 0 Å². The summed E-state index contributed by atoms with van der Waals surface area (Å²) >= 11 is 0. The molecule has 0 spiro atoms. The molecule has 1 fully saturated rings. The number of benzene rings is 2. The molecule has 1 saturated heterocycles. The average Bonchev–Trinajstić information content (AvgIpc) is 3.11. The molecule has 4 rings (SSSR count). The number of aliphatic hydroxyl groups is 1. The summed E-state index contributed by atoms with van der Waals surface area (Å²) in [6.07, 6.45) is 3.77. The van der Waals surface area contributed by atoms with Crippen LogP contribution in [-0.4, -0.2) is 45.6 Å². The summed E-state index contributed by atoms with van der Waals surface area (Å²) in [6.45, 7) is 6.10. The Morgan fingerprint density at radius 1 is 1.23 bits per heavy atom. The molecule has 0 aliphatic carbocycles. The summed E-state index contributed by atoms with van der Waals surface area (Å²) in [5.74, 6) is -0.196. The van der Waals surface area contributed by atoms with Gasteiger partial charge in [0.15, 0.2) is 11.6 Å². The van der Waals surface area contributed by atoms with E-state index in [0.29, 0.717) is 18.7 Å². The zero-order chi connectivity index (χ0) is 21.3. The molecule has 0 radical (unpaired) electrons. The molecule has 30 heavy (non-hydrogen) atoms. The van der Waals surface area contributed by atoms with Crippen LogP contribution in [0, 0.1) is 12.7 Å². The maximum Gasteiger partial charge on any atom is 0.165 e. The second-order valence-corrected chi connectivity index (χ2v) is 8.39. The minimum atomic E-state index is -0.684. The number of para-hydroxylation sites is 1. The molecular formula is C24H28FN3O2. The smallest absolute Gasteiger partial charge is 0.165 e. The number of rotatable bonds is 5. The third kappa shape index (κ3) is 4.25. The molecule has 3 aromatic rings. The van der Waals surface area contributed by atoms with Crippen molar-refractivity contribution >= 4 is 0 Å². The lowest BCUT2D eigenvalue weighted by molar-refractivity contribution is -0.0181. The van der Waals surface area contributed by atoms with Crippen LogP contribution in [0.5, 0.6) is 5.75 Å². The van der Waals surface area contributed by atoms with E-state index in [-0.39, 0.29) is 5.75 Å². The Balaban J connectivity index is 1.75. The molecule has 0 amide bonds. The number of halogens is 1. The van der Waals surface area contributed by atoms with Gasteiger partial charge in [0.2, 0.25) is 0 Å². The third-order valence-electron chi connectivity index (χ3n) is 5.73. The number of hydrogen-bond acceptors (Lipinski definition) is 4. The summed E-state index contributed by atoms with van der Waals surface area (Å²) in [7, 11) is 1.46. The fraction of sp³-hybridized carbons (Fsp3) is 0.375. The Hall–Kier alpha value is -2.70. The highest BCUT2D eigenvalue weighted by atomic mass is 19.1. The number of hydrogen-bond donors (Lipinski definition) is 1. The van der Waals surface area contributed by atoms with Gasteiger partial charge in [-0.3, -0.25) is 4.90 Å². The van der Waals surface area contributed by atoms with Crippen LogP contribution in [0.15, 0.2) is 48.7 Å². The molecule has 1 unspecified atom stereocenters. The molecule has 158 valence electrons. The predicted octanol–water partition coefficient (Wildman–Crippen LogP) is 4.34. The minimum absolute atomic E-state index is 0.214. The number of aryl methyl sites for hydroxylation is 1. The summed E-state index contributed by atoms with van der Waals surface area (Å²) in [4.78, 5) is 2.24. The number of nitrogens with zero attached hydrogens (tertiary/aromatic N) is 3. The van der Waals surface area contributed by atoms with Crippen molar-refractivity contribution in [1.29, 1.82) is 0 Å². The van der Waals surface area contributed by atoms with Gasteiger partial charge in [-0.2, -0.15) is 5.10 Å². The van der Waals surface area contributed by atoms with Gasteiger partial charge in [0, 0.05) is 30.4 Å². The van der Waals surface area contributed by atoms with E-state index in [2.05, 4.69) is 4.90 Å². The van der Waals surface area contributed by atoms with Gasteiger partial charge in [-0.1, -0.05) is 18.2 Å². The van der Waals surface area contributed by atoms with E-state index in [1.54, 1.807) is 6.07 Å². The Labute approximate surface area is 176 Å². The van der Waals surface area contributed by atoms with E-state index >= 15 is 0 Å². The van der Waals surface area contributed by atoms with E-state index in [1.807, 2.05) is 55.1 Å². The third-order valence-corrected chi connectivity index (χ3v) is 5.73. The lowest BCUT2D eigenvalue weighted by Gasteiger charge is -2.36. The lowest BCUT2D eigenvalue weighted by atomic mass is 9.94. The van der Waals surface area contributed by atoms with Gasteiger partial charge in [-0.15, -0.1) is 0 Å². The SMILES string of the molecule is COc1ccc(-c2nn(-c3ccccc3C)cc2CN2CCCC(C)(O)C2)cc1F. The lowest BCUT2D eigenvalue weighted by Crippen LogP contribution is -2.45. The largest absolute Gasteiger partial charge is 0.494 e. The highest BCUT2D eigenvalue weighted by molar-refractivity contribution is 5.64.